The first-order valence-electron chi connectivity index (χ1n) is 8.59. The van der Waals surface area contributed by atoms with E-state index in [2.05, 4.69) is 29.0 Å². The van der Waals surface area contributed by atoms with E-state index in [1.165, 1.54) is 0 Å². The molecule has 6 heteroatoms. The smallest absolute Gasteiger partial charge is 0.226 e. The summed E-state index contributed by atoms with van der Waals surface area (Å²) in [7, 11) is 0. The maximum Gasteiger partial charge on any atom is 0.226 e. The summed E-state index contributed by atoms with van der Waals surface area (Å²) in [6.07, 6.45) is 4.71. The summed E-state index contributed by atoms with van der Waals surface area (Å²) in [5.41, 5.74) is 2.83. The van der Waals surface area contributed by atoms with E-state index in [4.69, 9.17) is 4.74 Å². The van der Waals surface area contributed by atoms with E-state index >= 15 is 0 Å². The number of hydrogen-bond donors (Lipinski definition) is 1. The van der Waals surface area contributed by atoms with Crippen molar-refractivity contribution in [3.8, 4) is 0 Å². The standard InChI is InChI=1S/C18H26N4O2/c1-13-5-4-7-22-12-16(20-18(13)22)9-17(23)19-6-8-21-10-14(2)24-15(3)11-21/h4-5,7,12,14-15H,6,8-11H2,1-3H3,(H,19,23)/t14-,15-/m1/s1. The van der Waals surface area contributed by atoms with Gasteiger partial charge >= 0.3 is 0 Å². The van der Waals surface area contributed by atoms with Crippen molar-refractivity contribution in [2.75, 3.05) is 26.2 Å². The number of imidazole rings is 1. The molecule has 24 heavy (non-hydrogen) atoms. The molecule has 6 nitrogen and oxygen atoms in total. The number of nitrogens with zero attached hydrogens (tertiary/aromatic N) is 3. The van der Waals surface area contributed by atoms with Gasteiger partial charge in [0.15, 0.2) is 0 Å². The summed E-state index contributed by atoms with van der Waals surface area (Å²) in [6.45, 7) is 9.56. The maximum atomic E-state index is 12.1. The van der Waals surface area contributed by atoms with E-state index in [0.717, 1.165) is 36.5 Å². The minimum Gasteiger partial charge on any atom is -0.373 e. The molecule has 0 saturated carbocycles. The van der Waals surface area contributed by atoms with Crippen LogP contribution in [0.25, 0.3) is 5.65 Å². The van der Waals surface area contributed by atoms with Crippen LogP contribution >= 0.6 is 0 Å². The molecule has 1 amide bonds. The predicted octanol–water partition coefficient (Wildman–Crippen LogP) is 1.41. The third-order valence-corrected chi connectivity index (χ3v) is 4.31. The number of nitrogens with one attached hydrogen (secondary N) is 1. The largest absolute Gasteiger partial charge is 0.373 e. The minimum atomic E-state index is 0.0189. The summed E-state index contributed by atoms with van der Waals surface area (Å²) in [5.74, 6) is 0.0189. The van der Waals surface area contributed by atoms with Gasteiger partial charge < -0.3 is 14.5 Å². The Morgan fingerprint density at radius 3 is 2.83 bits per heavy atom. The zero-order valence-corrected chi connectivity index (χ0v) is 14.7. The van der Waals surface area contributed by atoms with E-state index in [1.807, 2.05) is 35.9 Å². The van der Waals surface area contributed by atoms with Gasteiger partial charge in [-0.3, -0.25) is 9.69 Å². The molecular formula is C18H26N4O2. The molecule has 1 aliphatic rings. The van der Waals surface area contributed by atoms with Crippen LogP contribution in [0, 0.1) is 6.92 Å². The van der Waals surface area contributed by atoms with Crippen LogP contribution in [0.15, 0.2) is 24.5 Å². The predicted molar refractivity (Wildman–Crippen MR) is 93.1 cm³/mol. The molecule has 0 unspecified atom stereocenters. The van der Waals surface area contributed by atoms with Crippen molar-refractivity contribution in [3.63, 3.8) is 0 Å². The average Bonchev–Trinajstić information content (AvgIpc) is 2.90. The number of rotatable bonds is 5. The molecule has 0 spiro atoms. The molecule has 2 aromatic rings. The van der Waals surface area contributed by atoms with Crippen molar-refractivity contribution in [1.29, 1.82) is 0 Å². The van der Waals surface area contributed by atoms with E-state index in [1.54, 1.807) is 0 Å². The van der Waals surface area contributed by atoms with E-state index in [9.17, 15) is 4.79 Å². The zero-order valence-electron chi connectivity index (χ0n) is 14.7. The first-order valence-corrected chi connectivity index (χ1v) is 8.59. The number of hydrogen-bond acceptors (Lipinski definition) is 4. The van der Waals surface area contributed by atoms with Crippen molar-refractivity contribution >= 4 is 11.6 Å². The van der Waals surface area contributed by atoms with Crippen LogP contribution in [-0.4, -0.2) is 58.6 Å². The van der Waals surface area contributed by atoms with Crippen LogP contribution in [0.5, 0.6) is 0 Å². The maximum absolute atomic E-state index is 12.1. The zero-order chi connectivity index (χ0) is 17.1. The Hall–Kier alpha value is -1.92. The third kappa shape index (κ3) is 4.13. The van der Waals surface area contributed by atoms with Crippen LogP contribution in [-0.2, 0) is 16.0 Å². The first-order chi connectivity index (χ1) is 11.5. The molecule has 1 N–H and O–H groups in total. The molecule has 2 atom stereocenters. The van der Waals surface area contributed by atoms with E-state index in [-0.39, 0.29) is 18.1 Å². The normalized spacial score (nSPS) is 22.0. The Morgan fingerprint density at radius 1 is 1.38 bits per heavy atom. The Kier molecular flexibility index (Phi) is 5.16. The van der Waals surface area contributed by atoms with Crippen molar-refractivity contribution < 1.29 is 9.53 Å². The lowest BCUT2D eigenvalue weighted by molar-refractivity contribution is -0.120. The van der Waals surface area contributed by atoms with Gasteiger partial charge in [0.25, 0.3) is 0 Å². The summed E-state index contributed by atoms with van der Waals surface area (Å²) < 4.78 is 7.69. The monoisotopic (exact) mass is 330 g/mol. The molecule has 130 valence electrons. The molecule has 1 fully saturated rings. The third-order valence-electron chi connectivity index (χ3n) is 4.31. The average molecular weight is 330 g/mol. The van der Waals surface area contributed by atoms with Gasteiger partial charge in [-0.2, -0.15) is 0 Å². The summed E-state index contributed by atoms with van der Waals surface area (Å²) in [6, 6.07) is 4.01. The number of aromatic nitrogens is 2. The summed E-state index contributed by atoms with van der Waals surface area (Å²) >= 11 is 0. The molecule has 3 rings (SSSR count). The Bertz CT molecular complexity index is 702. The molecule has 1 saturated heterocycles. The van der Waals surface area contributed by atoms with Crippen molar-refractivity contribution in [3.05, 3.63) is 35.8 Å². The number of amides is 1. The second-order valence-electron chi connectivity index (χ2n) is 6.70. The second-order valence-corrected chi connectivity index (χ2v) is 6.70. The van der Waals surface area contributed by atoms with Gasteiger partial charge in [-0.05, 0) is 32.4 Å². The SMILES string of the molecule is Cc1cccn2cc(CC(=O)NCCN3C[C@@H](C)O[C@H](C)C3)nc12. The fourth-order valence-electron chi connectivity index (χ4n) is 3.34. The van der Waals surface area contributed by atoms with Gasteiger partial charge in [0.2, 0.25) is 5.91 Å². The van der Waals surface area contributed by atoms with Crippen LogP contribution < -0.4 is 5.32 Å². The fraction of sp³-hybridized carbons (Fsp3) is 0.556. The molecule has 3 heterocycles. The van der Waals surface area contributed by atoms with E-state index < -0.39 is 0 Å². The molecular weight excluding hydrogens is 304 g/mol. The number of aryl methyl sites for hydroxylation is 1. The number of carbonyl (C=O) groups is 1. The highest BCUT2D eigenvalue weighted by Gasteiger charge is 2.21. The van der Waals surface area contributed by atoms with E-state index in [0.29, 0.717) is 13.0 Å². The van der Waals surface area contributed by atoms with Crippen LogP contribution in [0.2, 0.25) is 0 Å². The van der Waals surface area contributed by atoms with Crippen LogP contribution in [0.4, 0.5) is 0 Å². The number of fused-ring (bicyclic) bond motifs is 1. The van der Waals surface area contributed by atoms with Gasteiger partial charge in [-0.25, -0.2) is 4.98 Å². The highest BCUT2D eigenvalue weighted by atomic mass is 16.5. The van der Waals surface area contributed by atoms with Crippen LogP contribution in [0.1, 0.15) is 25.1 Å². The lowest BCUT2D eigenvalue weighted by Crippen LogP contribution is -2.48. The first kappa shape index (κ1) is 16.9. The summed E-state index contributed by atoms with van der Waals surface area (Å²) in [4.78, 5) is 19.0. The lowest BCUT2D eigenvalue weighted by atomic mass is 10.2. The van der Waals surface area contributed by atoms with Gasteiger partial charge in [0.1, 0.15) is 5.65 Å². The second kappa shape index (κ2) is 7.32. The van der Waals surface area contributed by atoms with Gasteiger partial charge in [-0.1, -0.05) is 6.07 Å². The van der Waals surface area contributed by atoms with Crippen molar-refractivity contribution in [2.24, 2.45) is 0 Å². The minimum absolute atomic E-state index is 0.0189. The fourth-order valence-corrected chi connectivity index (χ4v) is 3.34. The molecule has 1 aliphatic heterocycles. The van der Waals surface area contributed by atoms with Gasteiger partial charge in [0, 0.05) is 38.6 Å². The topological polar surface area (TPSA) is 58.9 Å². The quantitative estimate of drug-likeness (QED) is 0.900. The highest BCUT2D eigenvalue weighted by Crippen LogP contribution is 2.11. The highest BCUT2D eigenvalue weighted by molar-refractivity contribution is 5.78. The van der Waals surface area contributed by atoms with Gasteiger partial charge in [-0.15, -0.1) is 0 Å². The summed E-state index contributed by atoms with van der Waals surface area (Å²) in [5, 5.41) is 3.00. The van der Waals surface area contributed by atoms with Crippen LogP contribution in [0.3, 0.4) is 0 Å². The Labute approximate surface area is 142 Å². The number of carbonyl (C=O) groups excluding carboxylic acids is 1. The number of pyridine rings is 1. The molecule has 0 aromatic carbocycles. The molecule has 0 bridgehead atoms. The van der Waals surface area contributed by atoms with Gasteiger partial charge in [0.05, 0.1) is 24.3 Å². The molecule has 0 aliphatic carbocycles. The molecule has 0 radical (unpaired) electrons. The lowest BCUT2D eigenvalue weighted by Gasteiger charge is -2.35. The Morgan fingerprint density at radius 2 is 2.12 bits per heavy atom. The number of ether oxygens (including phenoxy) is 1. The molecule has 2 aromatic heterocycles. The van der Waals surface area contributed by atoms with Crippen molar-refractivity contribution in [2.45, 2.75) is 39.4 Å². The Balaban J connectivity index is 1.47. The van der Waals surface area contributed by atoms with Crippen molar-refractivity contribution in [1.82, 2.24) is 19.6 Å². The number of morpholine rings is 1.